The Morgan fingerprint density at radius 3 is 1.56 bits per heavy atom. The van der Waals surface area contributed by atoms with E-state index in [1.807, 2.05) is 60.7 Å². The minimum absolute atomic E-state index is 0.0835. The molecule has 0 bridgehead atoms. The Morgan fingerprint density at radius 1 is 0.648 bits per heavy atom. The fraction of sp³-hybridized carbons (Fsp3) is 0.367. The molecule has 4 N–H and O–H groups in total. The third-order valence-corrected chi connectivity index (χ3v) is 11.6. The number of unbranched alkanes of at least 4 members (excludes halogenated alkanes) is 1. The van der Waals surface area contributed by atoms with Crippen molar-refractivity contribution in [3.63, 3.8) is 0 Å². The number of piperazine rings is 1. The third kappa shape index (κ3) is 17.2. The van der Waals surface area contributed by atoms with E-state index >= 15 is 0 Å². The summed E-state index contributed by atoms with van der Waals surface area (Å²) >= 11 is 0. The lowest BCUT2D eigenvalue weighted by Crippen LogP contribution is -2.50. The number of benzene rings is 4. The Morgan fingerprint density at radius 2 is 1.10 bits per heavy atom. The molecule has 21 nitrogen and oxygen atoms in total. The van der Waals surface area contributed by atoms with Gasteiger partial charge in [-0.05, 0) is 66.1 Å². The molecule has 71 heavy (non-hydrogen) atoms. The van der Waals surface area contributed by atoms with Gasteiger partial charge in [0.1, 0.15) is 43.7 Å². The smallest absolute Gasteiger partial charge is 0.414 e. The molecule has 4 aromatic carbocycles. The first-order chi connectivity index (χ1) is 34.1. The van der Waals surface area contributed by atoms with Gasteiger partial charge in [-0.25, -0.2) is 19.2 Å². The summed E-state index contributed by atoms with van der Waals surface area (Å²) in [6.45, 7) is 7.02. The second-order valence-electron chi connectivity index (χ2n) is 16.6. The van der Waals surface area contributed by atoms with Crippen LogP contribution in [0.1, 0.15) is 42.0 Å². The summed E-state index contributed by atoms with van der Waals surface area (Å²) in [6.07, 6.45) is -0.702. The van der Waals surface area contributed by atoms with Crippen molar-refractivity contribution in [2.75, 3.05) is 81.6 Å². The summed E-state index contributed by atoms with van der Waals surface area (Å²) in [5.41, 5.74) is 3.72. The van der Waals surface area contributed by atoms with Gasteiger partial charge in [0.05, 0.1) is 32.5 Å². The Bertz CT molecular complexity index is 2560. The van der Waals surface area contributed by atoms with Crippen molar-refractivity contribution in [1.29, 1.82) is 10.8 Å². The Kier molecular flexibility index (Phi) is 19.4. The molecule has 0 aromatic heterocycles. The van der Waals surface area contributed by atoms with Crippen molar-refractivity contribution in [2.24, 2.45) is 0 Å². The van der Waals surface area contributed by atoms with Gasteiger partial charge in [-0.15, -0.1) is 0 Å². The monoisotopic (exact) mass is 998 g/mol. The van der Waals surface area contributed by atoms with Crippen LogP contribution < -0.4 is 20.4 Å². The number of ether oxygens (including phenoxy) is 5. The van der Waals surface area contributed by atoms with Crippen LogP contribution in [0.4, 0.5) is 30.6 Å². The number of hydrogen-bond acceptors (Lipinski definition) is 17. The third-order valence-electron chi connectivity index (χ3n) is 11.1. The molecule has 0 radical (unpaired) electrons. The van der Waals surface area contributed by atoms with Gasteiger partial charge in [0.15, 0.2) is 0 Å². The van der Waals surface area contributed by atoms with Crippen molar-refractivity contribution < 1.29 is 60.3 Å². The molecule has 0 saturated carbocycles. The van der Waals surface area contributed by atoms with Crippen molar-refractivity contribution in [3.8, 4) is 0 Å². The number of cyclic esters (lactones) is 2. The molecule has 2 unspecified atom stereocenters. The van der Waals surface area contributed by atoms with Crippen LogP contribution in [0, 0.1) is 10.8 Å². The summed E-state index contributed by atoms with van der Waals surface area (Å²) in [6, 6.07) is 31.5. The molecule has 22 heteroatoms. The van der Waals surface area contributed by atoms with Gasteiger partial charge in [0.25, 0.3) is 10.1 Å². The number of nitrogens with zero attached hydrogens (tertiary/aromatic N) is 4. The molecule has 3 heterocycles. The van der Waals surface area contributed by atoms with Crippen LogP contribution in [0.25, 0.3) is 0 Å². The average Bonchev–Trinajstić information content (AvgIpc) is 3.93. The maximum atomic E-state index is 12.6. The molecule has 3 aliphatic rings. The highest BCUT2D eigenvalue weighted by atomic mass is 32.2. The average molecular weight is 999 g/mol. The maximum Gasteiger partial charge on any atom is 0.414 e. The van der Waals surface area contributed by atoms with Crippen LogP contribution >= 0.6 is 0 Å². The predicted octanol–water partition coefficient (Wildman–Crippen LogP) is 5.46. The van der Waals surface area contributed by atoms with Crippen molar-refractivity contribution in [2.45, 2.75) is 45.2 Å². The highest BCUT2D eigenvalue weighted by Crippen LogP contribution is 2.24. The zero-order chi connectivity index (χ0) is 50.8. The Balaban J connectivity index is 0.000000240. The minimum atomic E-state index is -3.63. The molecule has 2 atom stereocenters. The summed E-state index contributed by atoms with van der Waals surface area (Å²) in [5, 5.41) is 21.0. The summed E-state index contributed by atoms with van der Waals surface area (Å²) in [4.78, 5) is 67.8. The number of carbonyl (C=O) groups excluding carboxylic acids is 5. The molecule has 3 saturated heterocycles. The summed E-state index contributed by atoms with van der Waals surface area (Å²) in [5.74, 6) is -0.435. The van der Waals surface area contributed by atoms with E-state index in [2.05, 4.69) is 31.5 Å². The van der Waals surface area contributed by atoms with E-state index in [0.29, 0.717) is 48.7 Å². The highest BCUT2D eigenvalue weighted by molar-refractivity contribution is 7.86. The number of rotatable bonds is 18. The molecular weight excluding hydrogens is 941 g/mol. The number of carbonyl (C=O) groups is 5. The SMILES string of the molecule is CCCCOC(=O)CN1CCN(CC2CN(c3ccc(C(=N)NC(=O)OCc4ccccc4)cc3)C(=O)O2)CC1.CS(=O)(=O)OCC1CN(c2ccc(C(=N)NC(=O)OCc3ccccc3)cc2)C(=O)O1. The topological polar surface area (TPSA) is 260 Å². The number of nitrogens with one attached hydrogen (secondary N) is 4. The second kappa shape index (κ2) is 26.0. The van der Waals surface area contributed by atoms with Crippen LogP contribution in [-0.4, -0.2) is 144 Å². The van der Waals surface area contributed by atoms with Crippen molar-refractivity contribution in [1.82, 2.24) is 20.4 Å². The van der Waals surface area contributed by atoms with Crippen LogP contribution in [-0.2, 0) is 56.0 Å². The Labute approximate surface area is 412 Å². The van der Waals surface area contributed by atoms with Crippen LogP contribution in [0.5, 0.6) is 0 Å². The predicted molar refractivity (Wildman–Crippen MR) is 261 cm³/mol. The van der Waals surface area contributed by atoms with E-state index in [-0.39, 0.29) is 50.1 Å². The van der Waals surface area contributed by atoms with Gasteiger partial charge < -0.3 is 23.7 Å². The zero-order valence-corrected chi connectivity index (χ0v) is 40.3. The van der Waals surface area contributed by atoms with E-state index in [0.717, 1.165) is 56.4 Å². The van der Waals surface area contributed by atoms with E-state index in [9.17, 15) is 32.4 Å². The van der Waals surface area contributed by atoms with Crippen LogP contribution in [0.15, 0.2) is 109 Å². The van der Waals surface area contributed by atoms with E-state index < -0.39 is 40.6 Å². The van der Waals surface area contributed by atoms with Gasteiger partial charge >= 0.3 is 30.3 Å². The van der Waals surface area contributed by atoms with Gasteiger partial charge in [-0.3, -0.25) is 50.0 Å². The van der Waals surface area contributed by atoms with Crippen molar-refractivity contribution in [3.05, 3.63) is 131 Å². The summed E-state index contributed by atoms with van der Waals surface area (Å²) < 4.78 is 53.0. The van der Waals surface area contributed by atoms with Crippen LogP contribution in [0.2, 0.25) is 0 Å². The van der Waals surface area contributed by atoms with E-state index in [4.69, 9.17) is 34.5 Å². The highest BCUT2D eigenvalue weighted by Gasteiger charge is 2.35. The largest absolute Gasteiger partial charge is 0.465 e. The van der Waals surface area contributed by atoms with Gasteiger partial charge in [0.2, 0.25) is 0 Å². The van der Waals surface area contributed by atoms with Crippen LogP contribution in [0.3, 0.4) is 0 Å². The lowest BCUT2D eigenvalue weighted by molar-refractivity contribution is -0.145. The molecule has 3 aliphatic heterocycles. The number of anilines is 2. The molecule has 3 fully saturated rings. The number of alkyl carbamates (subject to hydrolysis) is 2. The summed E-state index contributed by atoms with van der Waals surface area (Å²) in [7, 11) is -3.63. The number of amidine groups is 2. The van der Waals surface area contributed by atoms with Crippen molar-refractivity contribution >= 4 is 63.5 Å². The number of hydrogen-bond donors (Lipinski definition) is 4. The molecule has 4 amide bonds. The zero-order valence-electron chi connectivity index (χ0n) is 39.5. The molecule has 7 rings (SSSR count). The second-order valence-corrected chi connectivity index (χ2v) is 18.2. The standard InChI is InChI=1S/C29H37N5O6.C20H21N3O7S/c1-2-3-17-38-26(35)20-33-15-13-32(14-16-33)18-25-19-34(29(37)40-25)24-11-9-23(10-12-24)27(30)31-28(36)39-21-22-7-5-4-6-8-22;1-31(26,27)29-13-17-11-23(20(25)30-17)16-9-7-15(8-10-16)18(21)22-19(24)28-12-14-5-3-2-4-6-14/h4-12,25H,2-3,13-21H2,1H3,(H2,30,31,36);2-10,17H,11-13H2,1H3,(H2,21,22,24). The Hall–Kier alpha value is -7.40. The minimum Gasteiger partial charge on any atom is -0.465 e. The molecule has 378 valence electrons. The van der Waals surface area contributed by atoms with E-state index in [1.165, 1.54) is 4.90 Å². The van der Waals surface area contributed by atoms with Gasteiger partial charge in [-0.2, -0.15) is 8.42 Å². The lowest BCUT2D eigenvalue weighted by Gasteiger charge is -2.34. The molecule has 0 spiro atoms. The van der Waals surface area contributed by atoms with Gasteiger partial charge in [-0.1, -0.05) is 74.0 Å². The van der Waals surface area contributed by atoms with E-state index in [1.54, 1.807) is 53.4 Å². The molecule has 4 aromatic rings. The quantitative estimate of drug-likeness (QED) is 0.0241. The first kappa shape index (κ1) is 53.0. The fourth-order valence-electron chi connectivity index (χ4n) is 7.31. The molecular formula is C49H58N8O13S. The lowest BCUT2D eigenvalue weighted by atomic mass is 10.1. The number of amides is 4. The normalized spacial score (nSPS) is 17.0. The molecule has 0 aliphatic carbocycles. The number of esters is 1. The van der Waals surface area contributed by atoms with Gasteiger partial charge in [0, 0.05) is 55.2 Å². The maximum absolute atomic E-state index is 12.6. The first-order valence-corrected chi connectivity index (χ1v) is 24.7. The fourth-order valence-corrected chi connectivity index (χ4v) is 7.70. The first-order valence-electron chi connectivity index (χ1n) is 22.9.